The Hall–Kier alpha value is -1.53. The maximum absolute atomic E-state index is 12.5. The number of hydrogen-bond acceptors (Lipinski definition) is 4. The first kappa shape index (κ1) is 17.9. The maximum atomic E-state index is 12.5. The topological polar surface area (TPSA) is 59.8 Å². The smallest absolute Gasteiger partial charge is 0.230 e. The number of nitrogens with zero attached hydrogens (tertiary/aromatic N) is 3. The van der Waals surface area contributed by atoms with E-state index in [1.807, 2.05) is 24.3 Å². The molecule has 1 N–H and O–H groups in total. The van der Waals surface area contributed by atoms with Crippen LogP contribution in [0.3, 0.4) is 0 Å². The van der Waals surface area contributed by atoms with Gasteiger partial charge in [-0.2, -0.15) is 0 Å². The van der Waals surface area contributed by atoms with Crippen LogP contribution in [-0.4, -0.2) is 26.4 Å². The molecule has 0 aliphatic heterocycles. The predicted octanol–water partition coefficient (Wildman–Crippen LogP) is 4.50. The molecule has 2 fully saturated rings. The third-order valence-corrected chi connectivity index (χ3v) is 6.09. The van der Waals surface area contributed by atoms with Crippen LogP contribution in [-0.2, 0) is 4.79 Å². The van der Waals surface area contributed by atoms with Crippen molar-refractivity contribution in [1.29, 1.82) is 0 Å². The minimum atomic E-state index is 0.00342. The van der Waals surface area contributed by atoms with Crippen molar-refractivity contribution in [3.63, 3.8) is 0 Å². The Morgan fingerprint density at radius 2 is 2.00 bits per heavy atom. The van der Waals surface area contributed by atoms with Crippen molar-refractivity contribution in [2.45, 2.75) is 62.2 Å². The number of thioether (sulfide) groups is 1. The summed E-state index contributed by atoms with van der Waals surface area (Å²) in [5, 5.41) is 13.5. The molecule has 2 saturated carbocycles. The summed E-state index contributed by atoms with van der Waals surface area (Å²) in [6.45, 7) is 2.07. The van der Waals surface area contributed by atoms with E-state index in [-0.39, 0.29) is 11.9 Å². The molecule has 0 saturated heterocycles. The lowest BCUT2D eigenvalue weighted by Crippen LogP contribution is -2.29. The van der Waals surface area contributed by atoms with Crippen molar-refractivity contribution in [1.82, 2.24) is 20.1 Å². The zero-order chi connectivity index (χ0) is 18.1. The highest BCUT2D eigenvalue weighted by Gasteiger charge is 2.36. The van der Waals surface area contributed by atoms with Gasteiger partial charge in [0.2, 0.25) is 5.91 Å². The molecule has 5 nitrogen and oxygen atoms in total. The molecule has 2 aliphatic carbocycles. The van der Waals surface area contributed by atoms with Crippen LogP contribution >= 0.6 is 23.4 Å². The van der Waals surface area contributed by atoms with Crippen LogP contribution in [0.25, 0.3) is 0 Å². The first-order chi connectivity index (χ1) is 12.7. The molecule has 1 unspecified atom stereocenters. The number of aromatic nitrogens is 3. The SMILES string of the molecule is CCC(NC(=O)CSc1nnc(C2CC2)n1C1CC1)c1ccc(Cl)cc1. The van der Waals surface area contributed by atoms with Crippen molar-refractivity contribution in [2.24, 2.45) is 0 Å². The zero-order valence-electron chi connectivity index (χ0n) is 14.8. The van der Waals surface area contributed by atoms with Crippen LogP contribution in [0.15, 0.2) is 29.4 Å². The van der Waals surface area contributed by atoms with Crippen molar-refractivity contribution in [3.05, 3.63) is 40.7 Å². The van der Waals surface area contributed by atoms with Gasteiger partial charge in [0.05, 0.1) is 11.8 Å². The molecule has 0 radical (unpaired) electrons. The fourth-order valence-corrected chi connectivity index (χ4v) is 4.11. The molecule has 1 aromatic carbocycles. The molecule has 7 heteroatoms. The van der Waals surface area contributed by atoms with Gasteiger partial charge in [-0.3, -0.25) is 4.79 Å². The molecule has 1 aromatic heterocycles. The molecule has 1 heterocycles. The lowest BCUT2D eigenvalue weighted by Gasteiger charge is -2.17. The highest BCUT2D eigenvalue weighted by molar-refractivity contribution is 7.99. The average Bonchev–Trinajstić information content (AvgIpc) is 3.57. The molecular weight excluding hydrogens is 368 g/mol. The molecule has 1 atom stereocenters. The van der Waals surface area contributed by atoms with Gasteiger partial charge < -0.3 is 9.88 Å². The van der Waals surface area contributed by atoms with Crippen LogP contribution in [0.1, 0.15) is 68.4 Å². The third kappa shape index (κ3) is 4.07. The fourth-order valence-electron chi connectivity index (χ4n) is 3.16. The van der Waals surface area contributed by atoms with Crippen LogP contribution in [0.5, 0.6) is 0 Å². The van der Waals surface area contributed by atoms with Gasteiger partial charge in [-0.15, -0.1) is 10.2 Å². The number of carbonyl (C=O) groups excluding carboxylic acids is 1. The minimum Gasteiger partial charge on any atom is -0.349 e. The highest BCUT2D eigenvalue weighted by atomic mass is 35.5. The maximum Gasteiger partial charge on any atom is 0.230 e. The summed E-state index contributed by atoms with van der Waals surface area (Å²) in [6.07, 6.45) is 5.67. The van der Waals surface area contributed by atoms with Crippen molar-refractivity contribution in [3.8, 4) is 0 Å². The number of benzene rings is 1. The summed E-state index contributed by atoms with van der Waals surface area (Å²) in [4.78, 5) is 12.5. The number of rotatable bonds is 8. The van der Waals surface area contributed by atoms with Gasteiger partial charge in [0.25, 0.3) is 0 Å². The van der Waals surface area contributed by atoms with Gasteiger partial charge in [0, 0.05) is 17.0 Å². The molecule has 2 aromatic rings. The van der Waals surface area contributed by atoms with Gasteiger partial charge in [0.15, 0.2) is 5.16 Å². The van der Waals surface area contributed by atoms with E-state index in [1.54, 1.807) is 0 Å². The summed E-state index contributed by atoms with van der Waals surface area (Å²) in [6, 6.07) is 8.20. The molecule has 138 valence electrons. The van der Waals surface area contributed by atoms with Gasteiger partial charge in [0.1, 0.15) is 5.82 Å². The number of nitrogens with one attached hydrogen (secondary N) is 1. The molecular formula is C19H23ClN4OS. The number of carbonyl (C=O) groups is 1. The Kier molecular flexibility index (Phi) is 5.23. The predicted molar refractivity (Wildman–Crippen MR) is 104 cm³/mol. The molecule has 26 heavy (non-hydrogen) atoms. The molecule has 4 rings (SSSR count). The van der Waals surface area contributed by atoms with Crippen LogP contribution in [0, 0.1) is 0 Å². The zero-order valence-corrected chi connectivity index (χ0v) is 16.4. The van der Waals surface area contributed by atoms with Gasteiger partial charge in [-0.1, -0.05) is 42.4 Å². The normalized spacial score (nSPS) is 17.9. The quantitative estimate of drug-likeness (QED) is 0.674. The van der Waals surface area contributed by atoms with E-state index in [9.17, 15) is 4.79 Å². The van der Waals surface area contributed by atoms with E-state index in [4.69, 9.17) is 11.6 Å². The van der Waals surface area contributed by atoms with E-state index in [2.05, 4.69) is 27.0 Å². The lowest BCUT2D eigenvalue weighted by atomic mass is 10.0. The van der Waals surface area contributed by atoms with Crippen molar-refractivity contribution >= 4 is 29.3 Å². The van der Waals surface area contributed by atoms with Gasteiger partial charge in [-0.05, 0) is 49.8 Å². The minimum absolute atomic E-state index is 0.00342. The third-order valence-electron chi connectivity index (χ3n) is 4.89. The molecule has 1 amide bonds. The van der Waals surface area contributed by atoms with Crippen LogP contribution in [0.4, 0.5) is 0 Å². The van der Waals surface area contributed by atoms with E-state index in [1.165, 1.54) is 37.4 Å². The molecule has 0 bridgehead atoms. The number of halogens is 1. The largest absolute Gasteiger partial charge is 0.349 e. The second-order valence-corrected chi connectivity index (χ2v) is 8.46. The van der Waals surface area contributed by atoms with Crippen molar-refractivity contribution < 1.29 is 4.79 Å². The highest BCUT2D eigenvalue weighted by Crippen LogP contribution is 2.45. The fraction of sp³-hybridized carbons (Fsp3) is 0.526. The van der Waals surface area contributed by atoms with E-state index in [0.29, 0.717) is 22.7 Å². The average molecular weight is 391 g/mol. The summed E-state index contributed by atoms with van der Waals surface area (Å²) in [5.41, 5.74) is 1.08. The number of hydrogen-bond donors (Lipinski definition) is 1. The lowest BCUT2D eigenvalue weighted by molar-refractivity contribution is -0.119. The Morgan fingerprint density at radius 1 is 1.27 bits per heavy atom. The second kappa shape index (κ2) is 7.61. The summed E-state index contributed by atoms with van der Waals surface area (Å²) < 4.78 is 2.28. The van der Waals surface area contributed by atoms with Crippen LogP contribution in [0.2, 0.25) is 5.02 Å². The van der Waals surface area contributed by atoms with Gasteiger partial charge in [-0.25, -0.2) is 0 Å². The monoisotopic (exact) mass is 390 g/mol. The Labute approximate surface area is 162 Å². The standard InChI is InChI=1S/C19H23ClN4OS/c1-2-16(12-5-7-14(20)8-6-12)21-17(25)11-26-19-23-22-18(13-3-4-13)24(19)15-9-10-15/h5-8,13,15-16H,2-4,9-11H2,1H3,(H,21,25). The Morgan fingerprint density at radius 3 is 2.62 bits per heavy atom. The molecule has 2 aliphatic rings. The van der Waals surface area contributed by atoms with E-state index < -0.39 is 0 Å². The van der Waals surface area contributed by atoms with Gasteiger partial charge >= 0.3 is 0 Å². The summed E-state index contributed by atoms with van der Waals surface area (Å²) >= 11 is 7.45. The number of amides is 1. The first-order valence-corrected chi connectivity index (χ1v) is 10.6. The Bertz CT molecular complexity index is 783. The molecule has 0 spiro atoms. The first-order valence-electron chi connectivity index (χ1n) is 9.28. The second-order valence-electron chi connectivity index (χ2n) is 7.08. The van der Waals surface area contributed by atoms with Crippen molar-refractivity contribution in [2.75, 3.05) is 5.75 Å². The van der Waals surface area contributed by atoms with E-state index in [0.717, 1.165) is 23.0 Å². The summed E-state index contributed by atoms with van der Waals surface area (Å²) in [7, 11) is 0. The summed E-state index contributed by atoms with van der Waals surface area (Å²) in [5.74, 6) is 2.10. The Balaban J connectivity index is 1.37. The van der Waals surface area contributed by atoms with Crippen LogP contribution < -0.4 is 5.32 Å². The van der Waals surface area contributed by atoms with E-state index >= 15 is 0 Å².